The minimum Gasteiger partial charge on any atom is -0.166 e. The molecule has 0 radical (unpaired) electrons. The van der Waals surface area contributed by atoms with Gasteiger partial charge in [-0.25, -0.2) is 0 Å². The second kappa shape index (κ2) is 8.54. The van der Waals surface area contributed by atoms with Gasteiger partial charge in [0.15, 0.2) is 0 Å². The fourth-order valence-electron chi connectivity index (χ4n) is 4.45. The second-order valence-electron chi connectivity index (χ2n) is 8.97. The Bertz CT molecular complexity index is 1110. The van der Waals surface area contributed by atoms with Crippen LogP contribution in [0.1, 0.15) is 67.5 Å². The van der Waals surface area contributed by atoms with E-state index in [1.54, 1.807) is 57.2 Å². The molecule has 0 aromatic heterocycles. The molecule has 33 heavy (non-hydrogen) atoms. The Morgan fingerprint density at radius 1 is 0.515 bits per heavy atom. The van der Waals surface area contributed by atoms with E-state index in [0.717, 1.165) is 12.1 Å². The first-order chi connectivity index (χ1) is 15.2. The largest absolute Gasteiger partial charge is 0.416 e. The Morgan fingerprint density at radius 2 is 0.879 bits per heavy atom. The fraction of sp³-hybridized carbons (Fsp3) is 0.333. The van der Waals surface area contributed by atoms with Crippen molar-refractivity contribution in [2.75, 3.05) is 0 Å². The van der Waals surface area contributed by atoms with Gasteiger partial charge in [-0.05, 0) is 40.8 Å². The molecule has 0 heterocycles. The zero-order valence-electron chi connectivity index (χ0n) is 18.9. The first-order valence-electron chi connectivity index (χ1n) is 10.7. The van der Waals surface area contributed by atoms with Crippen molar-refractivity contribution in [2.45, 2.75) is 57.3 Å². The summed E-state index contributed by atoms with van der Waals surface area (Å²) >= 11 is 0. The molecule has 3 rings (SSSR count). The Hall–Kier alpha value is -2.76. The standard InChI is InChI=1S/C27H26F6/c1-5-25(4,21-11-7-9-13-23(21)27(31,32)33)19-16-14-18(15-17-19)24(2,3)20-10-6-8-12-22(20)26(28,29)30/h6-17H,5H2,1-4H3. The first-order valence-corrected chi connectivity index (χ1v) is 10.7. The lowest BCUT2D eigenvalue weighted by atomic mass is 9.70. The van der Waals surface area contributed by atoms with Gasteiger partial charge < -0.3 is 0 Å². The van der Waals surface area contributed by atoms with Crippen molar-refractivity contribution in [3.05, 3.63) is 106 Å². The third-order valence-corrected chi connectivity index (χ3v) is 6.68. The van der Waals surface area contributed by atoms with Gasteiger partial charge in [-0.15, -0.1) is 0 Å². The molecular weight excluding hydrogens is 438 g/mol. The molecule has 0 amide bonds. The van der Waals surface area contributed by atoms with Crippen LogP contribution in [0.4, 0.5) is 26.3 Å². The minimum absolute atomic E-state index is 0.144. The van der Waals surface area contributed by atoms with E-state index in [1.807, 2.05) is 6.92 Å². The summed E-state index contributed by atoms with van der Waals surface area (Å²) in [5.74, 6) is 0. The molecule has 0 saturated heterocycles. The van der Waals surface area contributed by atoms with Crippen LogP contribution in [-0.2, 0) is 23.2 Å². The van der Waals surface area contributed by atoms with E-state index in [1.165, 1.54) is 24.3 Å². The normalized spacial score (nSPS) is 14.7. The number of hydrogen-bond acceptors (Lipinski definition) is 0. The van der Waals surface area contributed by atoms with E-state index in [9.17, 15) is 26.3 Å². The van der Waals surface area contributed by atoms with Crippen molar-refractivity contribution in [3.8, 4) is 0 Å². The lowest BCUT2D eigenvalue weighted by Crippen LogP contribution is -2.27. The summed E-state index contributed by atoms with van der Waals surface area (Å²) in [6.45, 7) is 7.01. The van der Waals surface area contributed by atoms with Crippen LogP contribution in [0.5, 0.6) is 0 Å². The highest BCUT2D eigenvalue weighted by Crippen LogP contribution is 2.44. The van der Waals surface area contributed by atoms with Gasteiger partial charge in [-0.3, -0.25) is 0 Å². The Morgan fingerprint density at radius 3 is 1.30 bits per heavy atom. The van der Waals surface area contributed by atoms with E-state index in [-0.39, 0.29) is 11.1 Å². The molecule has 176 valence electrons. The van der Waals surface area contributed by atoms with Gasteiger partial charge in [-0.2, -0.15) is 26.3 Å². The van der Waals surface area contributed by atoms with Crippen molar-refractivity contribution < 1.29 is 26.3 Å². The number of rotatable bonds is 5. The van der Waals surface area contributed by atoms with Crippen LogP contribution in [0.15, 0.2) is 72.8 Å². The first kappa shape index (κ1) is 24.9. The van der Waals surface area contributed by atoms with Crippen molar-refractivity contribution in [2.24, 2.45) is 0 Å². The molecule has 0 saturated carbocycles. The van der Waals surface area contributed by atoms with Gasteiger partial charge in [-0.1, -0.05) is 88.4 Å². The maximum Gasteiger partial charge on any atom is 0.416 e. The molecule has 0 aliphatic carbocycles. The number of alkyl halides is 6. The van der Waals surface area contributed by atoms with Gasteiger partial charge >= 0.3 is 12.4 Å². The highest BCUT2D eigenvalue weighted by atomic mass is 19.4. The summed E-state index contributed by atoms with van der Waals surface area (Å²) in [5.41, 5.74) is -1.62. The molecule has 0 nitrogen and oxygen atoms in total. The third-order valence-electron chi connectivity index (χ3n) is 6.68. The van der Waals surface area contributed by atoms with Crippen molar-refractivity contribution >= 4 is 0 Å². The highest BCUT2D eigenvalue weighted by molar-refractivity contribution is 5.48. The summed E-state index contributed by atoms with van der Waals surface area (Å²) in [6, 6.07) is 17.9. The van der Waals surface area contributed by atoms with Crippen molar-refractivity contribution in [1.82, 2.24) is 0 Å². The van der Waals surface area contributed by atoms with Gasteiger partial charge in [0.1, 0.15) is 0 Å². The van der Waals surface area contributed by atoms with E-state index < -0.39 is 34.3 Å². The zero-order chi connectivity index (χ0) is 24.7. The molecule has 0 aliphatic heterocycles. The molecule has 3 aromatic carbocycles. The average molecular weight is 464 g/mol. The summed E-state index contributed by atoms with van der Waals surface area (Å²) < 4.78 is 81.8. The van der Waals surface area contributed by atoms with E-state index in [2.05, 4.69) is 0 Å². The predicted molar refractivity (Wildman–Crippen MR) is 118 cm³/mol. The smallest absolute Gasteiger partial charge is 0.166 e. The van der Waals surface area contributed by atoms with Gasteiger partial charge in [0, 0.05) is 10.8 Å². The van der Waals surface area contributed by atoms with E-state index >= 15 is 0 Å². The van der Waals surface area contributed by atoms with Crippen LogP contribution >= 0.6 is 0 Å². The molecule has 0 aliphatic rings. The average Bonchev–Trinajstić information content (AvgIpc) is 2.77. The maximum absolute atomic E-state index is 13.7. The van der Waals surface area contributed by atoms with Crippen LogP contribution in [0, 0.1) is 0 Å². The monoisotopic (exact) mass is 464 g/mol. The number of hydrogen-bond donors (Lipinski definition) is 0. The Kier molecular flexibility index (Phi) is 6.44. The second-order valence-corrected chi connectivity index (χ2v) is 8.97. The summed E-state index contributed by atoms with van der Waals surface area (Å²) in [6.07, 6.45) is -8.56. The third kappa shape index (κ3) is 4.66. The minimum atomic E-state index is -4.49. The van der Waals surface area contributed by atoms with Gasteiger partial charge in [0.05, 0.1) is 11.1 Å². The lowest BCUT2D eigenvalue weighted by molar-refractivity contribution is -0.139. The van der Waals surface area contributed by atoms with E-state index in [4.69, 9.17) is 0 Å². The maximum atomic E-state index is 13.7. The summed E-state index contributed by atoms with van der Waals surface area (Å²) in [7, 11) is 0. The SMILES string of the molecule is CCC(C)(c1ccc(C(C)(C)c2ccccc2C(F)(F)F)cc1)c1ccccc1C(F)(F)F. The fourth-order valence-corrected chi connectivity index (χ4v) is 4.45. The molecule has 3 aromatic rings. The van der Waals surface area contributed by atoms with Gasteiger partial charge in [0.25, 0.3) is 0 Å². The summed E-state index contributed by atoms with van der Waals surface area (Å²) in [4.78, 5) is 0. The topological polar surface area (TPSA) is 0 Å². The van der Waals surface area contributed by atoms with Crippen LogP contribution in [0.25, 0.3) is 0 Å². The lowest BCUT2D eigenvalue weighted by Gasteiger charge is -2.34. The number of halogens is 6. The molecular formula is C27H26F6. The molecule has 0 bridgehead atoms. The van der Waals surface area contributed by atoms with Crippen LogP contribution < -0.4 is 0 Å². The van der Waals surface area contributed by atoms with Crippen LogP contribution in [0.3, 0.4) is 0 Å². The van der Waals surface area contributed by atoms with Crippen molar-refractivity contribution in [1.29, 1.82) is 0 Å². The molecule has 0 N–H and O–H groups in total. The Labute approximate surface area is 190 Å². The molecule has 1 atom stereocenters. The molecule has 0 fully saturated rings. The Balaban J connectivity index is 2.08. The van der Waals surface area contributed by atoms with Gasteiger partial charge in [0.2, 0.25) is 0 Å². The highest BCUT2D eigenvalue weighted by Gasteiger charge is 2.40. The predicted octanol–water partition coefficient (Wildman–Crippen LogP) is 8.77. The molecule has 0 spiro atoms. The molecule has 1 unspecified atom stereocenters. The zero-order valence-corrected chi connectivity index (χ0v) is 18.9. The van der Waals surface area contributed by atoms with Crippen LogP contribution in [-0.4, -0.2) is 0 Å². The number of benzene rings is 3. The molecule has 6 heteroatoms. The quantitative estimate of drug-likeness (QED) is 0.331. The van der Waals surface area contributed by atoms with Crippen LogP contribution in [0.2, 0.25) is 0 Å². The summed E-state index contributed by atoms with van der Waals surface area (Å²) in [5, 5.41) is 0. The van der Waals surface area contributed by atoms with Crippen molar-refractivity contribution in [3.63, 3.8) is 0 Å². The van der Waals surface area contributed by atoms with E-state index in [0.29, 0.717) is 17.5 Å².